The first kappa shape index (κ1) is 53.4. The van der Waals surface area contributed by atoms with E-state index in [-0.39, 0.29) is 63.7 Å². The average molecular weight is 915 g/mol. The number of aromatic carboxylic acids is 1. The minimum absolute atomic E-state index is 0.0267. The van der Waals surface area contributed by atoms with Crippen LogP contribution >= 0.6 is 0 Å². The lowest BCUT2D eigenvalue weighted by molar-refractivity contribution is 0.0691. The molecule has 0 spiro atoms. The second kappa shape index (κ2) is 26.2. The molecule has 360 valence electrons. The summed E-state index contributed by atoms with van der Waals surface area (Å²) in [5.74, 6) is -2.20. The molecule has 67 heavy (non-hydrogen) atoms. The topological polar surface area (TPSA) is 199 Å². The van der Waals surface area contributed by atoms with E-state index in [0.717, 1.165) is 86.5 Å². The number of rotatable bonds is 17. The third-order valence-electron chi connectivity index (χ3n) is 12.9. The molecule has 0 fully saturated rings. The van der Waals surface area contributed by atoms with Crippen molar-refractivity contribution in [1.82, 2.24) is 15.3 Å². The summed E-state index contributed by atoms with van der Waals surface area (Å²) in [6.45, 7) is 21.3. The van der Waals surface area contributed by atoms with Gasteiger partial charge in [0.25, 0.3) is 5.91 Å². The van der Waals surface area contributed by atoms with Crippen LogP contribution < -0.4 is 11.1 Å². The van der Waals surface area contributed by atoms with Gasteiger partial charge < -0.3 is 36.6 Å². The maximum absolute atomic E-state index is 13.3. The zero-order chi connectivity index (χ0) is 49.2. The number of hydrogen-bond donors (Lipinski definition) is 7. The first-order valence-electron chi connectivity index (χ1n) is 23.8. The molecule has 11 heteroatoms. The lowest BCUT2D eigenvalue weighted by atomic mass is 9.73. The Labute approximate surface area is 398 Å². The van der Waals surface area contributed by atoms with E-state index in [9.17, 15) is 35.1 Å². The highest BCUT2D eigenvalue weighted by Gasteiger charge is 2.34. The van der Waals surface area contributed by atoms with E-state index in [0.29, 0.717) is 48.2 Å². The van der Waals surface area contributed by atoms with E-state index in [1.165, 1.54) is 17.2 Å². The molecule has 4 aromatic rings. The van der Waals surface area contributed by atoms with Crippen LogP contribution in [-0.2, 0) is 25.9 Å². The first-order chi connectivity index (χ1) is 32.0. The molecular formula is C56H74N4O7. The number of aryl methyl sites for hydroxylation is 2. The van der Waals surface area contributed by atoms with Crippen molar-refractivity contribution in [2.75, 3.05) is 0 Å². The van der Waals surface area contributed by atoms with Gasteiger partial charge in [0.15, 0.2) is 0 Å². The van der Waals surface area contributed by atoms with Crippen LogP contribution in [0, 0.1) is 11.8 Å². The number of nitrogens with zero attached hydrogens (tertiary/aromatic N) is 2. The number of aromatic hydroxyl groups is 4. The number of pyridine rings is 2. The number of nitrogens with one attached hydrogen (secondary N) is 1. The van der Waals surface area contributed by atoms with Gasteiger partial charge in [0, 0.05) is 60.8 Å². The van der Waals surface area contributed by atoms with Crippen molar-refractivity contribution in [2.45, 2.75) is 144 Å². The van der Waals surface area contributed by atoms with Crippen LogP contribution in [0.25, 0.3) is 0 Å². The second-order valence-corrected chi connectivity index (χ2v) is 18.3. The quantitative estimate of drug-likeness (QED) is 0.0395. The summed E-state index contributed by atoms with van der Waals surface area (Å²) in [5, 5.41) is 56.5. The van der Waals surface area contributed by atoms with Crippen molar-refractivity contribution >= 4 is 11.9 Å². The molecule has 8 N–H and O–H groups in total. The standard InChI is InChI=1S/C28H36N2O3.C22H30O4.C6H8N2/c1-5-6-7-10-21-15-24(31)26(23-14-19(4)11-12-22(23)18(2)3)27(32)25(21)28(33)30-17-20-9-8-13-29-16-20;1-5-6-7-8-15-12-18(23)20(21(24)19(15)22(25)26)17-11-14(4)9-10-16(17)13(2)3;7-4-6-2-1-3-8-5-6/h8-9,13-16,22-23,31-32H,2,5-7,10-12,17H2,1,3-4H3,(H,30,33);11-12,16-17,23-24H,2,5-10H2,1,3-4H3,(H,25,26);1-3,5H,4,7H2/t22-,23+;16-,17+;/m00./s1. The smallest absolute Gasteiger partial charge is 0.339 e. The van der Waals surface area contributed by atoms with Crippen LogP contribution in [0.15, 0.2) is 109 Å². The van der Waals surface area contributed by atoms with Gasteiger partial charge in [0.05, 0.1) is 5.56 Å². The van der Waals surface area contributed by atoms with E-state index in [1.54, 1.807) is 30.9 Å². The maximum atomic E-state index is 13.3. The molecule has 0 saturated carbocycles. The number of carboxylic acid groups (broad SMARTS) is 1. The Morgan fingerprint density at radius 2 is 1.16 bits per heavy atom. The summed E-state index contributed by atoms with van der Waals surface area (Å²) < 4.78 is 0. The number of benzene rings is 2. The van der Waals surface area contributed by atoms with E-state index >= 15 is 0 Å². The van der Waals surface area contributed by atoms with Crippen molar-refractivity contribution < 1.29 is 35.1 Å². The highest BCUT2D eigenvalue weighted by Crippen LogP contribution is 2.49. The van der Waals surface area contributed by atoms with Gasteiger partial charge in [-0.2, -0.15) is 0 Å². The van der Waals surface area contributed by atoms with Crippen LogP contribution in [0.5, 0.6) is 23.0 Å². The number of aromatic nitrogens is 2. The van der Waals surface area contributed by atoms with E-state index in [1.807, 2.05) is 51.1 Å². The molecule has 0 bridgehead atoms. The highest BCUT2D eigenvalue weighted by atomic mass is 16.4. The third kappa shape index (κ3) is 14.6. The van der Waals surface area contributed by atoms with Gasteiger partial charge >= 0.3 is 5.97 Å². The first-order valence-corrected chi connectivity index (χ1v) is 23.8. The van der Waals surface area contributed by atoms with Gasteiger partial charge in [-0.25, -0.2) is 4.79 Å². The summed E-state index contributed by atoms with van der Waals surface area (Å²) in [5.41, 5.74) is 13.7. The number of phenols is 4. The number of unbranched alkanes of at least 4 members (excludes halogenated alkanes) is 4. The highest BCUT2D eigenvalue weighted by molar-refractivity contribution is 5.99. The maximum Gasteiger partial charge on any atom is 0.339 e. The number of amides is 1. The molecule has 2 aliphatic rings. The van der Waals surface area contributed by atoms with Crippen molar-refractivity contribution in [3.63, 3.8) is 0 Å². The molecule has 1 amide bonds. The molecule has 6 rings (SSSR count). The number of carboxylic acids is 1. The zero-order valence-electron chi connectivity index (χ0n) is 40.6. The fourth-order valence-electron chi connectivity index (χ4n) is 9.23. The molecule has 0 saturated heterocycles. The molecule has 2 aromatic carbocycles. The Kier molecular flexibility index (Phi) is 20.9. The molecule has 0 radical (unpaired) electrons. The summed E-state index contributed by atoms with van der Waals surface area (Å²) >= 11 is 0. The Morgan fingerprint density at radius 3 is 1.55 bits per heavy atom. The van der Waals surface area contributed by atoms with Crippen LogP contribution in [-0.4, -0.2) is 47.4 Å². The van der Waals surface area contributed by atoms with Crippen molar-refractivity contribution in [3.05, 3.63) is 153 Å². The SMILES string of the molecule is C=C(C)[C@@H]1CCC(C)=C[C@H]1c1c(O)cc(CCCCC)c(C(=O)NCc2cccnc2)c1O.C=C(C)[C@@H]1CCC(C)=C[C@H]1c1c(O)cc(CCCCC)c(C(=O)O)c1O.NCc1cccnc1. The molecule has 0 unspecified atom stereocenters. The van der Waals surface area contributed by atoms with Gasteiger partial charge in [-0.1, -0.05) is 99.3 Å². The molecule has 11 nitrogen and oxygen atoms in total. The summed E-state index contributed by atoms with van der Waals surface area (Å²) in [7, 11) is 0. The van der Waals surface area contributed by atoms with E-state index < -0.39 is 5.97 Å². The van der Waals surface area contributed by atoms with Gasteiger partial charge in [-0.15, -0.1) is 0 Å². The Bertz CT molecular complexity index is 2370. The van der Waals surface area contributed by atoms with Crippen molar-refractivity contribution in [1.29, 1.82) is 0 Å². The molecule has 0 aliphatic heterocycles. The fraction of sp³-hybridized carbons (Fsp3) is 0.429. The van der Waals surface area contributed by atoms with Crippen molar-refractivity contribution in [2.24, 2.45) is 17.6 Å². The lowest BCUT2D eigenvalue weighted by Crippen LogP contribution is -2.25. The van der Waals surface area contributed by atoms with Crippen LogP contribution in [0.2, 0.25) is 0 Å². The molecule has 2 aromatic heterocycles. The molecule has 4 atom stereocenters. The number of allylic oxidation sites excluding steroid dienone is 6. The Morgan fingerprint density at radius 1 is 0.716 bits per heavy atom. The minimum atomic E-state index is -1.15. The molecule has 2 aliphatic carbocycles. The largest absolute Gasteiger partial charge is 0.507 e. The van der Waals surface area contributed by atoms with Crippen LogP contribution in [0.3, 0.4) is 0 Å². The van der Waals surface area contributed by atoms with E-state index in [2.05, 4.69) is 55.3 Å². The summed E-state index contributed by atoms with van der Waals surface area (Å²) in [6.07, 6.45) is 21.6. The van der Waals surface area contributed by atoms with E-state index in [4.69, 9.17) is 5.73 Å². The summed E-state index contributed by atoms with van der Waals surface area (Å²) in [6, 6.07) is 10.8. The third-order valence-corrected chi connectivity index (χ3v) is 12.9. The number of carbonyl (C=O) groups excluding carboxylic acids is 1. The summed E-state index contributed by atoms with van der Waals surface area (Å²) in [4.78, 5) is 33.1. The minimum Gasteiger partial charge on any atom is -0.507 e. The number of hydrogen-bond acceptors (Lipinski definition) is 9. The second-order valence-electron chi connectivity index (χ2n) is 18.3. The lowest BCUT2D eigenvalue weighted by Gasteiger charge is -2.32. The monoisotopic (exact) mass is 915 g/mol. The van der Waals surface area contributed by atoms with Gasteiger partial charge in [0.1, 0.15) is 28.6 Å². The van der Waals surface area contributed by atoms with Gasteiger partial charge in [-0.05, 0) is 137 Å². The van der Waals surface area contributed by atoms with Crippen molar-refractivity contribution in [3.8, 4) is 23.0 Å². The predicted molar refractivity (Wildman–Crippen MR) is 269 cm³/mol. The predicted octanol–water partition coefficient (Wildman–Crippen LogP) is 12.3. The fourth-order valence-corrected chi connectivity index (χ4v) is 9.23. The van der Waals surface area contributed by atoms with Crippen LogP contribution in [0.4, 0.5) is 0 Å². The van der Waals surface area contributed by atoms with Crippen LogP contribution in [0.1, 0.15) is 172 Å². The number of carbonyl (C=O) groups is 2. The normalized spacial score (nSPS) is 17.7. The number of phenolic OH excluding ortho intramolecular Hbond substituents is 3. The van der Waals surface area contributed by atoms with Gasteiger partial charge in [0.2, 0.25) is 0 Å². The number of nitrogens with two attached hydrogens (primary N) is 1. The average Bonchev–Trinajstić information content (AvgIpc) is 3.29. The van der Waals surface area contributed by atoms with Gasteiger partial charge in [-0.3, -0.25) is 14.8 Å². The molecule has 2 heterocycles. The molecular weight excluding hydrogens is 841 g/mol. The zero-order valence-corrected chi connectivity index (χ0v) is 40.6. The Balaban J connectivity index is 0.000000255. The Hall–Kier alpha value is -6.20.